The summed E-state index contributed by atoms with van der Waals surface area (Å²) in [5.74, 6) is 0. The second-order valence-corrected chi connectivity index (χ2v) is 5.27. The highest BCUT2D eigenvalue weighted by Gasteiger charge is 2.17. The van der Waals surface area contributed by atoms with Crippen LogP contribution in [0, 0.1) is 13.8 Å². The van der Waals surface area contributed by atoms with Crippen LogP contribution in [0.5, 0.6) is 0 Å². The van der Waals surface area contributed by atoms with E-state index in [0.717, 1.165) is 13.1 Å². The van der Waals surface area contributed by atoms with Gasteiger partial charge in [0.1, 0.15) is 0 Å². The van der Waals surface area contributed by atoms with Crippen LogP contribution in [0.25, 0.3) is 0 Å². The Morgan fingerprint density at radius 1 is 1.35 bits per heavy atom. The van der Waals surface area contributed by atoms with Crippen molar-refractivity contribution < 1.29 is 0 Å². The topological polar surface area (TPSA) is 15.3 Å². The Morgan fingerprint density at radius 2 is 2.18 bits per heavy atom. The number of aryl methyl sites for hydroxylation is 2. The van der Waals surface area contributed by atoms with E-state index in [-0.39, 0.29) is 0 Å². The summed E-state index contributed by atoms with van der Waals surface area (Å²) in [7, 11) is 0. The van der Waals surface area contributed by atoms with Crippen LogP contribution < -0.4 is 5.32 Å². The molecule has 1 N–H and O–H groups in total. The molecule has 2 nitrogen and oxygen atoms in total. The molecular formula is C15H24N2. The molecule has 1 aromatic rings. The van der Waals surface area contributed by atoms with Crippen molar-refractivity contribution in [1.29, 1.82) is 0 Å². The Bertz CT molecular complexity index is 373. The molecule has 1 saturated heterocycles. The van der Waals surface area contributed by atoms with Gasteiger partial charge in [-0.15, -0.1) is 0 Å². The van der Waals surface area contributed by atoms with Crippen molar-refractivity contribution in [3.63, 3.8) is 0 Å². The number of nitrogens with one attached hydrogen (secondary N) is 1. The monoisotopic (exact) mass is 232 g/mol. The summed E-state index contributed by atoms with van der Waals surface area (Å²) >= 11 is 0. The molecule has 1 aromatic carbocycles. The van der Waals surface area contributed by atoms with Gasteiger partial charge in [0.25, 0.3) is 0 Å². The zero-order valence-electron chi connectivity index (χ0n) is 11.3. The lowest BCUT2D eigenvalue weighted by Crippen LogP contribution is -2.50. The summed E-state index contributed by atoms with van der Waals surface area (Å²) in [4.78, 5) is 2.60. The number of piperazine rings is 1. The van der Waals surface area contributed by atoms with Crippen molar-refractivity contribution >= 4 is 0 Å². The third-order valence-electron chi connectivity index (χ3n) is 3.81. The van der Waals surface area contributed by atoms with Crippen molar-refractivity contribution in [1.82, 2.24) is 10.2 Å². The van der Waals surface area contributed by atoms with Crippen LogP contribution in [0.1, 0.15) is 23.6 Å². The predicted molar refractivity (Wildman–Crippen MR) is 73.5 cm³/mol. The van der Waals surface area contributed by atoms with E-state index in [4.69, 9.17) is 0 Å². The van der Waals surface area contributed by atoms with E-state index in [9.17, 15) is 0 Å². The quantitative estimate of drug-likeness (QED) is 0.859. The summed E-state index contributed by atoms with van der Waals surface area (Å²) in [6.07, 6.45) is 1.18. The van der Waals surface area contributed by atoms with E-state index < -0.39 is 0 Å². The molecular weight excluding hydrogens is 208 g/mol. The Hall–Kier alpha value is -0.860. The van der Waals surface area contributed by atoms with E-state index in [1.54, 1.807) is 0 Å². The van der Waals surface area contributed by atoms with Crippen LogP contribution in [0.4, 0.5) is 0 Å². The first-order valence-corrected chi connectivity index (χ1v) is 6.67. The standard InChI is InChI=1S/C15H24N2/c1-12-4-5-13(2)15(10-12)6-8-17-9-7-16-11-14(17)3/h4-5,10,14,16H,6-9,11H2,1-3H3. The lowest BCUT2D eigenvalue weighted by atomic mass is 10.0. The molecule has 0 aromatic heterocycles. The van der Waals surface area contributed by atoms with Gasteiger partial charge in [0.05, 0.1) is 0 Å². The fourth-order valence-corrected chi connectivity index (χ4v) is 2.55. The Morgan fingerprint density at radius 3 is 2.94 bits per heavy atom. The van der Waals surface area contributed by atoms with Crippen LogP contribution >= 0.6 is 0 Å². The first kappa shape index (κ1) is 12.6. The van der Waals surface area contributed by atoms with Crippen LogP contribution in [0.15, 0.2) is 18.2 Å². The van der Waals surface area contributed by atoms with Gasteiger partial charge >= 0.3 is 0 Å². The minimum Gasteiger partial charge on any atom is -0.314 e. The maximum atomic E-state index is 3.44. The zero-order chi connectivity index (χ0) is 12.3. The number of rotatable bonds is 3. The van der Waals surface area contributed by atoms with Crippen molar-refractivity contribution in [2.24, 2.45) is 0 Å². The molecule has 17 heavy (non-hydrogen) atoms. The van der Waals surface area contributed by atoms with Crippen molar-refractivity contribution in [3.8, 4) is 0 Å². The average molecular weight is 232 g/mol. The van der Waals surface area contributed by atoms with Gasteiger partial charge in [0.2, 0.25) is 0 Å². The van der Waals surface area contributed by atoms with Crippen LogP contribution in [0.2, 0.25) is 0 Å². The van der Waals surface area contributed by atoms with E-state index >= 15 is 0 Å². The molecule has 1 fully saturated rings. The second-order valence-electron chi connectivity index (χ2n) is 5.27. The molecule has 0 aliphatic carbocycles. The molecule has 0 amide bonds. The molecule has 0 radical (unpaired) electrons. The molecule has 1 aliphatic heterocycles. The highest BCUT2D eigenvalue weighted by Crippen LogP contribution is 2.13. The molecule has 2 heteroatoms. The average Bonchev–Trinajstić information content (AvgIpc) is 2.32. The van der Waals surface area contributed by atoms with Crippen molar-refractivity contribution in [2.45, 2.75) is 33.2 Å². The maximum absolute atomic E-state index is 3.44. The van der Waals surface area contributed by atoms with Gasteiger partial charge in [-0.1, -0.05) is 23.8 Å². The van der Waals surface area contributed by atoms with Gasteiger partial charge in [-0.3, -0.25) is 4.90 Å². The minimum absolute atomic E-state index is 0.675. The highest BCUT2D eigenvalue weighted by molar-refractivity contribution is 5.30. The van der Waals surface area contributed by atoms with E-state index in [0.29, 0.717) is 6.04 Å². The van der Waals surface area contributed by atoms with Gasteiger partial charge in [-0.05, 0) is 38.3 Å². The first-order valence-electron chi connectivity index (χ1n) is 6.67. The van der Waals surface area contributed by atoms with Gasteiger partial charge < -0.3 is 5.32 Å². The molecule has 1 aliphatic rings. The summed E-state index contributed by atoms with van der Waals surface area (Å²) in [6.45, 7) is 11.4. The van der Waals surface area contributed by atoms with E-state index in [2.05, 4.69) is 49.2 Å². The Kier molecular flexibility index (Phi) is 4.19. The van der Waals surface area contributed by atoms with Crippen LogP contribution in [-0.4, -0.2) is 37.1 Å². The van der Waals surface area contributed by atoms with Gasteiger partial charge in [-0.25, -0.2) is 0 Å². The molecule has 0 spiro atoms. The van der Waals surface area contributed by atoms with Crippen LogP contribution in [0.3, 0.4) is 0 Å². The number of benzene rings is 1. The number of nitrogens with zero attached hydrogens (tertiary/aromatic N) is 1. The van der Waals surface area contributed by atoms with Crippen molar-refractivity contribution in [2.75, 3.05) is 26.2 Å². The fraction of sp³-hybridized carbons (Fsp3) is 0.600. The van der Waals surface area contributed by atoms with Gasteiger partial charge in [0.15, 0.2) is 0 Å². The molecule has 1 heterocycles. The molecule has 2 rings (SSSR count). The Labute approximate surface area is 105 Å². The van der Waals surface area contributed by atoms with Crippen LogP contribution in [-0.2, 0) is 6.42 Å². The highest BCUT2D eigenvalue weighted by atomic mass is 15.2. The SMILES string of the molecule is Cc1ccc(C)c(CCN2CCNCC2C)c1. The third-order valence-corrected chi connectivity index (χ3v) is 3.81. The molecule has 0 bridgehead atoms. The maximum Gasteiger partial charge on any atom is 0.0193 e. The summed E-state index contributed by atoms with van der Waals surface area (Å²) in [5, 5.41) is 3.44. The predicted octanol–water partition coefficient (Wildman–Crippen LogP) is 2.14. The number of hydrogen-bond acceptors (Lipinski definition) is 2. The normalized spacial score (nSPS) is 21.7. The minimum atomic E-state index is 0.675. The lowest BCUT2D eigenvalue weighted by Gasteiger charge is -2.34. The van der Waals surface area contributed by atoms with E-state index in [1.165, 1.54) is 36.2 Å². The molecule has 94 valence electrons. The summed E-state index contributed by atoms with van der Waals surface area (Å²) < 4.78 is 0. The van der Waals surface area contributed by atoms with Gasteiger partial charge in [0, 0.05) is 32.2 Å². The lowest BCUT2D eigenvalue weighted by molar-refractivity contribution is 0.176. The molecule has 0 saturated carbocycles. The smallest absolute Gasteiger partial charge is 0.0193 e. The first-order chi connectivity index (χ1) is 8.16. The third kappa shape index (κ3) is 3.30. The molecule has 1 unspecified atom stereocenters. The summed E-state index contributed by atoms with van der Waals surface area (Å²) in [6, 6.07) is 7.45. The van der Waals surface area contributed by atoms with Crippen molar-refractivity contribution in [3.05, 3.63) is 34.9 Å². The van der Waals surface area contributed by atoms with Gasteiger partial charge in [-0.2, -0.15) is 0 Å². The number of hydrogen-bond donors (Lipinski definition) is 1. The van der Waals surface area contributed by atoms with E-state index in [1.807, 2.05) is 0 Å². The molecule has 1 atom stereocenters. The fourth-order valence-electron chi connectivity index (χ4n) is 2.55. The largest absolute Gasteiger partial charge is 0.314 e. The Balaban J connectivity index is 1.94. The second kappa shape index (κ2) is 5.65. The summed E-state index contributed by atoms with van der Waals surface area (Å²) in [5.41, 5.74) is 4.31. The zero-order valence-corrected chi connectivity index (χ0v) is 11.3.